The Hall–Kier alpha value is -2.36. The molecule has 0 amide bonds. The fourth-order valence-electron chi connectivity index (χ4n) is 2.36. The van der Waals surface area contributed by atoms with Crippen LogP contribution in [0.4, 0.5) is 0 Å². The van der Waals surface area contributed by atoms with E-state index in [4.69, 9.17) is 14.5 Å². The molecule has 1 aromatic heterocycles. The predicted octanol–water partition coefficient (Wildman–Crippen LogP) is 2.23. The normalized spacial score (nSPS) is 10.9. The van der Waals surface area contributed by atoms with E-state index in [1.807, 2.05) is 43.4 Å². The molecule has 0 aliphatic carbocycles. The average molecular weight is 255 g/mol. The Morgan fingerprint density at radius 3 is 1.74 bits per heavy atom. The maximum atomic E-state index is 5.39. The van der Waals surface area contributed by atoms with Gasteiger partial charge in [-0.15, -0.1) is 0 Å². The van der Waals surface area contributed by atoms with Crippen molar-refractivity contribution in [1.29, 1.82) is 0 Å². The first-order chi connectivity index (χ1) is 9.26. The first kappa shape index (κ1) is 11.7. The zero-order valence-electron chi connectivity index (χ0n) is 11.2. The minimum absolute atomic E-state index is 0.765. The quantitative estimate of drug-likeness (QED) is 0.520. The summed E-state index contributed by atoms with van der Waals surface area (Å²) in [7, 11) is 5.33. The summed E-state index contributed by atoms with van der Waals surface area (Å²) in [4.78, 5) is 4.71. The van der Waals surface area contributed by atoms with Crippen LogP contribution in [-0.4, -0.2) is 19.2 Å². The monoisotopic (exact) mass is 255 g/mol. The number of hydrogen-bond donors (Lipinski definition) is 0. The van der Waals surface area contributed by atoms with Crippen LogP contribution in [0.1, 0.15) is 0 Å². The van der Waals surface area contributed by atoms with Crippen LogP contribution in [0.2, 0.25) is 0 Å². The van der Waals surface area contributed by atoms with E-state index >= 15 is 0 Å². The summed E-state index contributed by atoms with van der Waals surface area (Å²) < 4.78 is 12.9. The highest BCUT2D eigenvalue weighted by atomic mass is 16.5. The summed E-state index contributed by atoms with van der Waals surface area (Å²) in [5.41, 5.74) is 3.73. The number of aryl methyl sites for hydroxylation is 1. The van der Waals surface area contributed by atoms with E-state index in [-0.39, 0.29) is 0 Å². The van der Waals surface area contributed by atoms with E-state index in [0.717, 1.165) is 33.6 Å². The zero-order valence-corrected chi connectivity index (χ0v) is 11.2. The molecule has 0 saturated carbocycles. The van der Waals surface area contributed by atoms with Crippen LogP contribution in [0.15, 0.2) is 36.4 Å². The zero-order chi connectivity index (χ0) is 13.4. The number of hydrogen-bond acceptors (Lipinski definition) is 3. The van der Waals surface area contributed by atoms with Gasteiger partial charge in [0, 0.05) is 12.1 Å². The summed E-state index contributed by atoms with van der Waals surface area (Å²) in [5.74, 6) is 1.53. The van der Waals surface area contributed by atoms with Gasteiger partial charge in [0.1, 0.15) is 7.05 Å². The second kappa shape index (κ2) is 4.39. The lowest BCUT2D eigenvalue weighted by molar-refractivity contribution is -0.618. The largest absolute Gasteiger partial charge is 0.494 e. The van der Waals surface area contributed by atoms with Crippen LogP contribution >= 0.6 is 0 Å². The van der Waals surface area contributed by atoms with Crippen molar-refractivity contribution in [2.24, 2.45) is 7.05 Å². The van der Waals surface area contributed by atoms with Crippen molar-refractivity contribution in [3.8, 4) is 11.5 Å². The molecule has 4 nitrogen and oxygen atoms in total. The van der Waals surface area contributed by atoms with E-state index in [0.29, 0.717) is 0 Å². The summed E-state index contributed by atoms with van der Waals surface area (Å²) in [5, 5.41) is 0. The molecule has 0 aliphatic rings. The molecule has 0 aliphatic heterocycles. The fraction of sp³-hybridized carbons (Fsp3) is 0.200. The van der Waals surface area contributed by atoms with Crippen molar-refractivity contribution in [3.63, 3.8) is 0 Å². The smallest absolute Gasteiger partial charge is 0.235 e. The van der Waals surface area contributed by atoms with Gasteiger partial charge in [-0.1, -0.05) is 12.1 Å². The Morgan fingerprint density at radius 1 is 0.842 bits per heavy atom. The lowest BCUT2D eigenvalue weighted by Gasteiger charge is -2.07. The van der Waals surface area contributed by atoms with Crippen LogP contribution in [0.5, 0.6) is 11.5 Å². The molecule has 4 heteroatoms. The highest BCUT2D eigenvalue weighted by Crippen LogP contribution is 2.27. The minimum atomic E-state index is 0.765. The lowest BCUT2D eigenvalue weighted by atomic mass is 10.2. The van der Waals surface area contributed by atoms with Crippen molar-refractivity contribution in [2.75, 3.05) is 14.2 Å². The highest BCUT2D eigenvalue weighted by Gasteiger charge is 2.18. The van der Waals surface area contributed by atoms with Crippen molar-refractivity contribution in [1.82, 2.24) is 4.98 Å². The SMILES string of the molecule is COc1cccc2c1nc1c(OC)cccc1[n+]2C. The highest BCUT2D eigenvalue weighted by molar-refractivity contribution is 5.88. The van der Waals surface area contributed by atoms with Crippen LogP contribution in [-0.2, 0) is 7.05 Å². The molecule has 0 unspecified atom stereocenters. The first-order valence-corrected chi connectivity index (χ1v) is 6.05. The van der Waals surface area contributed by atoms with Gasteiger partial charge in [0.2, 0.25) is 11.0 Å². The summed E-state index contributed by atoms with van der Waals surface area (Å²) in [6, 6.07) is 11.8. The van der Waals surface area contributed by atoms with Crippen LogP contribution in [0, 0.1) is 0 Å². The third-order valence-electron chi connectivity index (χ3n) is 3.34. The molecule has 3 rings (SSSR count). The van der Waals surface area contributed by atoms with E-state index in [9.17, 15) is 0 Å². The molecule has 0 fully saturated rings. The first-order valence-electron chi connectivity index (χ1n) is 6.05. The molecule has 0 saturated heterocycles. The molecular formula is C15H15N2O2+. The molecule has 0 spiro atoms. The van der Waals surface area contributed by atoms with Crippen molar-refractivity contribution < 1.29 is 14.0 Å². The van der Waals surface area contributed by atoms with Gasteiger partial charge in [-0.3, -0.25) is 0 Å². The number of ether oxygens (including phenoxy) is 2. The molecule has 19 heavy (non-hydrogen) atoms. The van der Waals surface area contributed by atoms with Gasteiger partial charge < -0.3 is 9.47 Å². The molecule has 0 radical (unpaired) electrons. The molecule has 0 atom stereocenters. The van der Waals surface area contributed by atoms with E-state index < -0.39 is 0 Å². The summed E-state index contributed by atoms with van der Waals surface area (Å²) >= 11 is 0. The Labute approximate surface area is 111 Å². The Balaban J connectivity index is 2.53. The predicted molar refractivity (Wildman–Crippen MR) is 73.5 cm³/mol. The van der Waals surface area contributed by atoms with Crippen molar-refractivity contribution in [3.05, 3.63) is 36.4 Å². The average Bonchev–Trinajstić information content (AvgIpc) is 2.46. The lowest BCUT2D eigenvalue weighted by Crippen LogP contribution is -2.30. The standard InChI is InChI=1S/C15H15N2O2/c1-17-10-6-4-8-12(18-2)14(10)16-15-11(17)7-5-9-13(15)19-3/h4-9H,1-3H3/q+1. The molecule has 2 aromatic carbocycles. The second-order valence-corrected chi connectivity index (χ2v) is 4.33. The van der Waals surface area contributed by atoms with Gasteiger partial charge >= 0.3 is 0 Å². The van der Waals surface area contributed by atoms with Gasteiger partial charge in [-0.25, -0.2) is 4.98 Å². The number of aromatic nitrogens is 2. The molecule has 0 bridgehead atoms. The maximum absolute atomic E-state index is 5.39. The van der Waals surface area contributed by atoms with E-state index in [1.165, 1.54) is 0 Å². The van der Waals surface area contributed by atoms with Crippen LogP contribution in [0.3, 0.4) is 0 Å². The second-order valence-electron chi connectivity index (χ2n) is 4.33. The fourth-order valence-corrected chi connectivity index (χ4v) is 2.36. The number of benzene rings is 2. The van der Waals surface area contributed by atoms with Crippen molar-refractivity contribution >= 4 is 22.1 Å². The summed E-state index contributed by atoms with van der Waals surface area (Å²) in [6.07, 6.45) is 0. The molecule has 96 valence electrons. The van der Waals surface area contributed by atoms with Gasteiger partial charge in [0.05, 0.1) is 14.2 Å². The number of rotatable bonds is 2. The minimum Gasteiger partial charge on any atom is -0.494 e. The van der Waals surface area contributed by atoms with Crippen LogP contribution in [0.25, 0.3) is 22.1 Å². The van der Waals surface area contributed by atoms with Gasteiger partial charge in [-0.2, -0.15) is 4.57 Å². The maximum Gasteiger partial charge on any atom is 0.235 e. The third kappa shape index (κ3) is 1.68. The van der Waals surface area contributed by atoms with E-state index in [1.54, 1.807) is 14.2 Å². The topological polar surface area (TPSA) is 35.2 Å². The number of nitrogens with zero attached hydrogens (tertiary/aromatic N) is 2. The molecular weight excluding hydrogens is 240 g/mol. The molecule has 0 N–H and O–H groups in total. The van der Waals surface area contributed by atoms with Gasteiger partial charge in [0.25, 0.3) is 0 Å². The number of fused-ring (bicyclic) bond motifs is 2. The Morgan fingerprint density at radius 2 is 1.32 bits per heavy atom. The summed E-state index contributed by atoms with van der Waals surface area (Å²) in [6.45, 7) is 0. The van der Waals surface area contributed by atoms with Crippen LogP contribution < -0.4 is 14.0 Å². The number of methoxy groups -OCH3 is 2. The van der Waals surface area contributed by atoms with Gasteiger partial charge in [0.15, 0.2) is 22.5 Å². The Kier molecular flexibility index (Phi) is 2.71. The third-order valence-corrected chi connectivity index (χ3v) is 3.34. The van der Waals surface area contributed by atoms with E-state index in [2.05, 4.69) is 4.57 Å². The number of para-hydroxylation sites is 2. The molecule has 1 heterocycles. The Bertz CT molecular complexity index is 707. The van der Waals surface area contributed by atoms with Crippen molar-refractivity contribution in [2.45, 2.75) is 0 Å². The van der Waals surface area contributed by atoms with Gasteiger partial charge in [-0.05, 0) is 12.1 Å². The molecule has 3 aromatic rings.